The number of nitrogens with one attached hydrogen (secondary N) is 2. The van der Waals surface area contributed by atoms with Crippen LogP contribution in [-0.4, -0.2) is 60.9 Å². The molecule has 1 saturated heterocycles. The lowest BCUT2D eigenvalue weighted by molar-refractivity contribution is -0.128. The van der Waals surface area contributed by atoms with Gasteiger partial charge in [0, 0.05) is 24.8 Å². The molecule has 4 rings (SSSR count). The molecule has 1 fully saturated rings. The second kappa shape index (κ2) is 9.82. The maximum Gasteiger partial charge on any atom is 0.268 e. The molecule has 0 aromatic heterocycles. The Kier molecular flexibility index (Phi) is 6.70. The van der Waals surface area contributed by atoms with Gasteiger partial charge in [0.05, 0.1) is 12.2 Å². The zero-order valence-electron chi connectivity index (χ0n) is 18.1. The molecule has 1 unspecified atom stereocenters. The van der Waals surface area contributed by atoms with E-state index in [-0.39, 0.29) is 30.3 Å². The van der Waals surface area contributed by atoms with Crippen molar-refractivity contribution in [1.29, 1.82) is 0 Å². The Bertz CT molecular complexity index is 973. The quantitative estimate of drug-likeness (QED) is 0.723. The van der Waals surface area contributed by atoms with Gasteiger partial charge in [-0.15, -0.1) is 0 Å². The van der Waals surface area contributed by atoms with Crippen molar-refractivity contribution in [2.75, 3.05) is 36.4 Å². The van der Waals surface area contributed by atoms with E-state index in [4.69, 9.17) is 4.74 Å². The van der Waals surface area contributed by atoms with Gasteiger partial charge in [-0.2, -0.15) is 0 Å². The van der Waals surface area contributed by atoms with Gasteiger partial charge in [-0.3, -0.25) is 24.2 Å². The molecule has 32 heavy (non-hydrogen) atoms. The largest absolute Gasteiger partial charge is 0.479 e. The van der Waals surface area contributed by atoms with Gasteiger partial charge in [-0.1, -0.05) is 30.3 Å². The number of nitrogens with zero attached hydrogens (tertiary/aromatic N) is 2. The van der Waals surface area contributed by atoms with E-state index in [9.17, 15) is 14.4 Å². The monoisotopic (exact) mass is 436 g/mol. The first-order chi connectivity index (χ1) is 15.5. The van der Waals surface area contributed by atoms with E-state index < -0.39 is 6.10 Å². The van der Waals surface area contributed by atoms with Crippen LogP contribution in [0.15, 0.2) is 54.6 Å². The number of benzene rings is 2. The molecular weight excluding hydrogens is 408 g/mol. The maximum atomic E-state index is 12.7. The fourth-order valence-electron chi connectivity index (χ4n) is 4.10. The van der Waals surface area contributed by atoms with Crippen molar-refractivity contribution in [3.63, 3.8) is 0 Å². The predicted molar refractivity (Wildman–Crippen MR) is 122 cm³/mol. The Labute approximate surface area is 187 Å². The summed E-state index contributed by atoms with van der Waals surface area (Å²) in [6, 6.07) is 16.7. The lowest BCUT2D eigenvalue weighted by Crippen LogP contribution is -2.52. The maximum absolute atomic E-state index is 12.7. The number of carbonyl (C=O) groups is 3. The van der Waals surface area contributed by atoms with Crippen molar-refractivity contribution in [2.24, 2.45) is 0 Å². The number of piperidine rings is 1. The molecule has 168 valence electrons. The van der Waals surface area contributed by atoms with Crippen LogP contribution in [-0.2, 0) is 14.4 Å². The van der Waals surface area contributed by atoms with Crippen molar-refractivity contribution in [3.8, 4) is 5.75 Å². The Morgan fingerprint density at radius 3 is 2.41 bits per heavy atom. The van der Waals surface area contributed by atoms with Crippen LogP contribution < -0.4 is 20.3 Å². The zero-order valence-corrected chi connectivity index (χ0v) is 18.1. The SMILES string of the molecule is CC1Oc2ccccc2N(CC(=O)NC2CCN(CC(=O)Nc3ccccc3)CC2)C1=O. The normalized spacial score (nSPS) is 19.1. The molecular formula is C24H28N4O4. The average Bonchev–Trinajstić information content (AvgIpc) is 2.79. The second-order valence-electron chi connectivity index (χ2n) is 8.18. The molecule has 0 bridgehead atoms. The first kappa shape index (κ1) is 21.8. The van der Waals surface area contributed by atoms with E-state index in [1.54, 1.807) is 19.1 Å². The van der Waals surface area contributed by atoms with E-state index in [1.807, 2.05) is 42.5 Å². The number of hydrogen-bond acceptors (Lipinski definition) is 5. The van der Waals surface area contributed by atoms with Gasteiger partial charge in [0.15, 0.2) is 6.10 Å². The van der Waals surface area contributed by atoms with Crippen LogP contribution in [0.25, 0.3) is 0 Å². The van der Waals surface area contributed by atoms with Crippen molar-refractivity contribution >= 4 is 29.1 Å². The first-order valence-corrected chi connectivity index (χ1v) is 10.9. The number of likely N-dealkylation sites (tertiary alicyclic amines) is 1. The summed E-state index contributed by atoms with van der Waals surface area (Å²) < 4.78 is 5.63. The molecule has 2 aromatic rings. The summed E-state index contributed by atoms with van der Waals surface area (Å²) in [5.74, 6) is 0.146. The van der Waals surface area contributed by atoms with Gasteiger partial charge in [-0.25, -0.2) is 0 Å². The molecule has 1 atom stereocenters. The zero-order chi connectivity index (χ0) is 22.5. The molecule has 2 heterocycles. The number of anilines is 2. The summed E-state index contributed by atoms with van der Waals surface area (Å²) in [5, 5.41) is 5.94. The summed E-state index contributed by atoms with van der Waals surface area (Å²) in [6.45, 7) is 3.43. The minimum absolute atomic E-state index is 0.0275. The number of carbonyl (C=O) groups excluding carboxylic acids is 3. The molecule has 0 radical (unpaired) electrons. The second-order valence-corrected chi connectivity index (χ2v) is 8.18. The van der Waals surface area contributed by atoms with Gasteiger partial charge in [0.25, 0.3) is 5.91 Å². The lowest BCUT2D eigenvalue weighted by atomic mass is 10.0. The van der Waals surface area contributed by atoms with Crippen LogP contribution in [0, 0.1) is 0 Å². The van der Waals surface area contributed by atoms with Crippen LogP contribution in [0.1, 0.15) is 19.8 Å². The summed E-state index contributed by atoms with van der Waals surface area (Å²) >= 11 is 0. The molecule has 0 saturated carbocycles. The van der Waals surface area contributed by atoms with Crippen LogP contribution in [0.2, 0.25) is 0 Å². The van der Waals surface area contributed by atoms with Crippen molar-refractivity contribution in [1.82, 2.24) is 10.2 Å². The summed E-state index contributed by atoms with van der Waals surface area (Å²) in [7, 11) is 0. The highest BCUT2D eigenvalue weighted by atomic mass is 16.5. The minimum atomic E-state index is -0.622. The van der Waals surface area contributed by atoms with Gasteiger partial charge < -0.3 is 15.4 Å². The summed E-state index contributed by atoms with van der Waals surface area (Å²) in [4.78, 5) is 41.1. The van der Waals surface area contributed by atoms with E-state index in [1.165, 1.54) is 4.90 Å². The van der Waals surface area contributed by atoms with E-state index in [2.05, 4.69) is 15.5 Å². The number of para-hydroxylation sites is 3. The highest BCUT2D eigenvalue weighted by molar-refractivity contribution is 6.03. The molecule has 8 heteroatoms. The smallest absolute Gasteiger partial charge is 0.268 e. The third-order valence-electron chi connectivity index (χ3n) is 5.75. The summed E-state index contributed by atoms with van der Waals surface area (Å²) in [6.07, 6.45) is 0.894. The molecule has 2 aliphatic rings. The Morgan fingerprint density at radius 2 is 1.66 bits per heavy atom. The molecule has 3 amide bonds. The standard InChI is InChI=1S/C24H28N4O4/c1-17-24(31)28(20-9-5-6-10-21(20)32-17)16-23(30)26-19-11-13-27(14-12-19)15-22(29)25-18-7-3-2-4-8-18/h2-10,17,19H,11-16H2,1H3,(H,25,29)(H,26,30). The number of amides is 3. The van der Waals surface area contributed by atoms with Crippen molar-refractivity contribution in [3.05, 3.63) is 54.6 Å². The Morgan fingerprint density at radius 1 is 0.969 bits per heavy atom. The highest BCUT2D eigenvalue weighted by Gasteiger charge is 2.33. The third-order valence-corrected chi connectivity index (χ3v) is 5.75. The van der Waals surface area contributed by atoms with Crippen molar-refractivity contribution in [2.45, 2.75) is 31.9 Å². The van der Waals surface area contributed by atoms with E-state index in [0.717, 1.165) is 31.6 Å². The molecule has 2 N–H and O–H groups in total. The van der Waals surface area contributed by atoms with E-state index >= 15 is 0 Å². The first-order valence-electron chi connectivity index (χ1n) is 10.9. The third kappa shape index (κ3) is 5.26. The predicted octanol–water partition coefficient (Wildman–Crippen LogP) is 2.02. The van der Waals surface area contributed by atoms with Crippen LogP contribution in [0.3, 0.4) is 0 Å². The van der Waals surface area contributed by atoms with Gasteiger partial charge in [0.1, 0.15) is 12.3 Å². The minimum Gasteiger partial charge on any atom is -0.479 e. The number of fused-ring (bicyclic) bond motifs is 1. The fraction of sp³-hybridized carbons (Fsp3) is 0.375. The van der Waals surface area contributed by atoms with Crippen molar-refractivity contribution < 1.29 is 19.1 Å². The molecule has 2 aliphatic heterocycles. The highest BCUT2D eigenvalue weighted by Crippen LogP contribution is 2.33. The average molecular weight is 437 g/mol. The van der Waals surface area contributed by atoms with Gasteiger partial charge >= 0.3 is 0 Å². The van der Waals surface area contributed by atoms with E-state index in [0.29, 0.717) is 18.0 Å². The molecule has 0 aliphatic carbocycles. The molecule has 0 spiro atoms. The lowest BCUT2D eigenvalue weighted by Gasteiger charge is -2.34. The van der Waals surface area contributed by atoms with Crippen LogP contribution in [0.5, 0.6) is 5.75 Å². The fourth-order valence-corrected chi connectivity index (χ4v) is 4.10. The van der Waals surface area contributed by atoms with Crippen LogP contribution >= 0.6 is 0 Å². The van der Waals surface area contributed by atoms with Gasteiger partial charge in [0.2, 0.25) is 11.8 Å². The topological polar surface area (TPSA) is 91.0 Å². The number of rotatable bonds is 6. The number of ether oxygens (including phenoxy) is 1. The Hall–Kier alpha value is -3.39. The Balaban J connectivity index is 1.24. The number of hydrogen-bond donors (Lipinski definition) is 2. The molecule has 2 aromatic carbocycles. The summed E-state index contributed by atoms with van der Waals surface area (Å²) in [5.41, 5.74) is 1.40. The van der Waals surface area contributed by atoms with Gasteiger partial charge in [-0.05, 0) is 44.0 Å². The van der Waals surface area contributed by atoms with Crippen LogP contribution in [0.4, 0.5) is 11.4 Å². The molecule has 8 nitrogen and oxygen atoms in total.